The summed E-state index contributed by atoms with van der Waals surface area (Å²) in [6.07, 6.45) is 1.00. The Hall–Kier alpha value is -0.910. The summed E-state index contributed by atoms with van der Waals surface area (Å²) in [5.41, 5.74) is 6.77. The molecule has 0 aliphatic rings. The van der Waals surface area contributed by atoms with Crippen molar-refractivity contribution >= 4 is 27.8 Å². The van der Waals surface area contributed by atoms with Crippen LogP contribution in [-0.2, 0) is 0 Å². The van der Waals surface area contributed by atoms with Crippen LogP contribution in [0.2, 0.25) is 0 Å². The van der Waals surface area contributed by atoms with Gasteiger partial charge in [0.15, 0.2) is 5.13 Å². The molecular weight excluding hydrogens is 250 g/mol. The zero-order valence-electron chi connectivity index (χ0n) is 10.1. The Labute approximate surface area is 110 Å². The lowest BCUT2D eigenvalue weighted by atomic mass is 10.0. The van der Waals surface area contributed by atoms with Crippen LogP contribution in [0, 0.1) is 0 Å². The number of anilines is 1. The van der Waals surface area contributed by atoms with E-state index < -0.39 is 0 Å². The Morgan fingerprint density at radius 3 is 2.94 bits per heavy atom. The number of rotatable bonds is 5. The molecule has 0 saturated carbocycles. The molecule has 1 unspecified atom stereocenters. The van der Waals surface area contributed by atoms with Gasteiger partial charge in [-0.3, -0.25) is 0 Å². The van der Waals surface area contributed by atoms with Crippen molar-refractivity contribution in [3.8, 4) is 10.6 Å². The molecule has 17 heavy (non-hydrogen) atoms. The minimum absolute atomic E-state index is 0.469. The Morgan fingerprint density at radius 2 is 2.35 bits per heavy atom. The first-order chi connectivity index (χ1) is 8.26. The maximum absolute atomic E-state index is 5.65. The van der Waals surface area contributed by atoms with Gasteiger partial charge in [0.05, 0.1) is 10.6 Å². The average Bonchev–Trinajstić information content (AvgIpc) is 2.98. The highest BCUT2D eigenvalue weighted by Gasteiger charge is 2.18. The number of hydrogen-bond acceptors (Lipinski definition) is 5. The van der Waals surface area contributed by atoms with Gasteiger partial charge < -0.3 is 11.1 Å². The highest BCUT2D eigenvalue weighted by molar-refractivity contribution is 7.17. The predicted molar refractivity (Wildman–Crippen MR) is 77.1 cm³/mol. The third-order valence-electron chi connectivity index (χ3n) is 2.67. The molecule has 0 aliphatic carbocycles. The second kappa shape index (κ2) is 5.62. The molecule has 5 heteroatoms. The van der Waals surface area contributed by atoms with Crippen LogP contribution in [0.4, 0.5) is 5.13 Å². The van der Waals surface area contributed by atoms with Crippen LogP contribution in [0.1, 0.15) is 24.1 Å². The minimum Gasteiger partial charge on any atom is -0.365 e. The largest absolute Gasteiger partial charge is 0.365 e. The third kappa shape index (κ3) is 2.68. The number of nitrogens with one attached hydrogen (secondary N) is 1. The van der Waals surface area contributed by atoms with Crippen LogP contribution in [0.25, 0.3) is 10.6 Å². The van der Waals surface area contributed by atoms with Crippen molar-refractivity contribution in [1.29, 1.82) is 0 Å². The van der Waals surface area contributed by atoms with Crippen molar-refractivity contribution in [2.75, 3.05) is 18.9 Å². The molecule has 0 amide bonds. The van der Waals surface area contributed by atoms with Crippen LogP contribution in [-0.4, -0.2) is 18.6 Å². The molecule has 3 nitrogen and oxygen atoms in total. The molecule has 0 aliphatic heterocycles. The maximum atomic E-state index is 5.65. The van der Waals surface area contributed by atoms with Gasteiger partial charge in [-0.05, 0) is 30.3 Å². The first kappa shape index (κ1) is 12.5. The van der Waals surface area contributed by atoms with E-state index in [9.17, 15) is 0 Å². The number of nitrogens with zero attached hydrogens (tertiary/aromatic N) is 1. The zero-order valence-corrected chi connectivity index (χ0v) is 11.7. The molecule has 2 rings (SSSR count). The van der Waals surface area contributed by atoms with E-state index in [-0.39, 0.29) is 0 Å². The van der Waals surface area contributed by atoms with Gasteiger partial charge in [-0.25, -0.2) is 4.98 Å². The number of aromatic nitrogens is 1. The van der Waals surface area contributed by atoms with Gasteiger partial charge in [0.1, 0.15) is 0 Å². The van der Waals surface area contributed by atoms with Crippen molar-refractivity contribution in [2.24, 2.45) is 5.73 Å². The topological polar surface area (TPSA) is 50.9 Å². The molecule has 2 aromatic heterocycles. The summed E-state index contributed by atoms with van der Waals surface area (Å²) in [6, 6.07) is 4.19. The van der Waals surface area contributed by atoms with E-state index in [1.807, 2.05) is 7.05 Å². The van der Waals surface area contributed by atoms with Gasteiger partial charge in [0.2, 0.25) is 0 Å². The van der Waals surface area contributed by atoms with Crippen LogP contribution >= 0.6 is 22.7 Å². The monoisotopic (exact) mass is 267 g/mol. The van der Waals surface area contributed by atoms with Crippen molar-refractivity contribution in [3.63, 3.8) is 0 Å². The highest BCUT2D eigenvalue weighted by atomic mass is 32.1. The molecular formula is C12H17N3S2. The fourth-order valence-electron chi connectivity index (χ4n) is 1.74. The molecule has 0 spiro atoms. The Kier molecular flexibility index (Phi) is 4.15. The number of nitrogens with two attached hydrogens (primary N) is 1. The quantitative estimate of drug-likeness (QED) is 0.873. The molecule has 92 valence electrons. The standard InChI is InChI=1S/C12H17N3S2/c1-8(5-6-13)11-10(9-4-3-7-16-9)15-12(14-2)17-11/h3-4,7-8H,5-6,13H2,1-2H3,(H,14,15). The van der Waals surface area contributed by atoms with Gasteiger partial charge in [-0.1, -0.05) is 13.0 Å². The summed E-state index contributed by atoms with van der Waals surface area (Å²) < 4.78 is 0. The molecule has 2 heterocycles. The molecule has 3 N–H and O–H groups in total. The lowest BCUT2D eigenvalue weighted by Crippen LogP contribution is -2.04. The average molecular weight is 267 g/mol. The maximum Gasteiger partial charge on any atom is 0.183 e. The summed E-state index contributed by atoms with van der Waals surface area (Å²) in [5, 5.41) is 6.19. The highest BCUT2D eigenvalue weighted by Crippen LogP contribution is 2.38. The van der Waals surface area contributed by atoms with Crippen LogP contribution in [0.5, 0.6) is 0 Å². The van der Waals surface area contributed by atoms with E-state index in [4.69, 9.17) is 5.73 Å². The molecule has 2 aromatic rings. The summed E-state index contributed by atoms with van der Waals surface area (Å²) in [4.78, 5) is 7.22. The SMILES string of the molecule is CNc1nc(-c2cccs2)c(C(C)CCN)s1. The second-order valence-electron chi connectivity index (χ2n) is 3.94. The first-order valence-corrected chi connectivity index (χ1v) is 7.38. The smallest absolute Gasteiger partial charge is 0.183 e. The van der Waals surface area contributed by atoms with E-state index in [1.54, 1.807) is 22.7 Å². The van der Waals surface area contributed by atoms with E-state index in [1.165, 1.54) is 9.75 Å². The summed E-state index contributed by atoms with van der Waals surface area (Å²) in [6.45, 7) is 2.94. The molecule has 0 aromatic carbocycles. The lowest BCUT2D eigenvalue weighted by molar-refractivity contribution is 0.701. The normalized spacial score (nSPS) is 12.6. The number of hydrogen-bond donors (Lipinski definition) is 2. The lowest BCUT2D eigenvalue weighted by Gasteiger charge is -2.08. The van der Waals surface area contributed by atoms with Crippen molar-refractivity contribution < 1.29 is 0 Å². The summed E-state index contributed by atoms with van der Waals surface area (Å²) in [7, 11) is 1.91. The number of thiazole rings is 1. The van der Waals surface area contributed by atoms with Crippen molar-refractivity contribution in [3.05, 3.63) is 22.4 Å². The van der Waals surface area contributed by atoms with Crippen LogP contribution in [0.15, 0.2) is 17.5 Å². The summed E-state index contributed by atoms with van der Waals surface area (Å²) >= 11 is 3.47. The Morgan fingerprint density at radius 1 is 1.53 bits per heavy atom. The van der Waals surface area contributed by atoms with E-state index >= 15 is 0 Å². The second-order valence-corrected chi connectivity index (χ2v) is 5.92. The molecule has 0 radical (unpaired) electrons. The minimum atomic E-state index is 0.469. The third-order valence-corrected chi connectivity index (χ3v) is 4.85. The van der Waals surface area contributed by atoms with E-state index in [0.29, 0.717) is 5.92 Å². The summed E-state index contributed by atoms with van der Waals surface area (Å²) in [5.74, 6) is 0.469. The fourth-order valence-corrected chi connectivity index (χ4v) is 3.56. The van der Waals surface area contributed by atoms with Gasteiger partial charge >= 0.3 is 0 Å². The van der Waals surface area contributed by atoms with Gasteiger partial charge in [0, 0.05) is 11.9 Å². The van der Waals surface area contributed by atoms with Gasteiger partial charge in [0.25, 0.3) is 0 Å². The predicted octanol–water partition coefficient (Wildman–Crippen LogP) is 3.37. The molecule has 0 saturated heterocycles. The molecule has 0 bridgehead atoms. The van der Waals surface area contributed by atoms with Gasteiger partial charge in [-0.2, -0.15) is 0 Å². The fraction of sp³-hybridized carbons (Fsp3) is 0.417. The molecule has 0 fully saturated rings. The van der Waals surface area contributed by atoms with E-state index in [0.717, 1.165) is 23.8 Å². The van der Waals surface area contributed by atoms with Crippen molar-refractivity contribution in [2.45, 2.75) is 19.3 Å². The van der Waals surface area contributed by atoms with Gasteiger partial charge in [-0.15, -0.1) is 22.7 Å². The Balaban J connectivity index is 2.39. The van der Waals surface area contributed by atoms with Crippen LogP contribution < -0.4 is 11.1 Å². The first-order valence-electron chi connectivity index (χ1n) is 5.68. The van der Waals surface area contributed by atoms with E-state index in [2.05, 4.69) is 34.7 Å². The Bertz CT molecular complexity index is 462. The van der Waals surface area contributed by atoms with Crippen molar-refractivity contribution in [1.82, 2.24) is 4.98 Å². The molecule has 1 atom stereocenters. The number of thiophene rings is 1. The van der Waals surface area contributed by atoms with Crippen LogP contribution in [0.3, 0.4) is 0 Å². The zero-order chi connectivity index (χ0) is 12.3.